The summed E-state index contributed by atoms with van der Waals surface area (Å²) in [5.41, 5.74) is 1.75. The first-order chi connectivity index (χ1) is 11.7. The quantitative estimate of drug-likeness (QED) is 0.764. The fourth-order valence-electron chi connectivity index (χ4n) is 2.57. The third-order valence-electron chi connectivity index (χ3n) is 3.87. The van der Waals surface area contributed by atoms with Crippen LogP contribution < -0.4 is 5.32 Å². The molecule has 0 fully saturated rings. The van der Waals surface area contributed by atoms with Crippen molar-refractivity contribution in [2.75, 3.05) is 5.32 Å². The summed E-state index contributed by atoms with van der Waals surface area (Å²) in [5, 5.41) is 16.9. The van der Waals surface area contributed by atoms with Crippen LogP contribution in [0, 0.1) is 0 Å². The molecular weight excluding hydrogens is 320 g/mol. The lowest BCUT2D eigenvalue weighted by Crippen LogP contribution is -2.22. The number of carbonyl (C=O) groups is 2. The van der Waals surface area contributed by atoms with Gasteiger partial charge in [0.25, 0.3) is 5.91 Å². The fourth-order valence-corrected chi connectivity index (χ4v) is 2.57. The Morgan fingerprint density at radius 2 is 2.00 bits per heavy atom. The maximum Gasteiger partial charge on any atom is 0.323 e. The van der Waals surface area contributed by atoms with Gasteiger partial charge in [0, 0.05) is 29.0 Å². The molecule has 0 saturated heterocycles. The van der Waals surface area contributed by atoms with E-state index in [1.54, 1.807) is 40.0 Å². The fraction of sp³-hybridized carbons (Fsp3) is 0.278. The Kier molecular flexibility index (Phi) is 4.08. The Labute approximate surface area is 144 Å². The minimum absolute atomic E-state index is 0.0960. The van der Waals surface area contributed by atoms with Crippen molar-refractivity contribution in [3.8, 4) is 0 Å². The van der Waals surface area contributed by atoms with Crippen molar-refractivity contribution < 1.29 is 14.7 Å². The number of fused-ring (bicyclic) bond motifs is 1. The number of benzene rings is 1. The number of aliphatic carboxylic acids is 1. The van der Waals surface area contributed by atoms with E-state index in [0.717, 1.165) is 10.9 Å². The molecule has 0 aliphatic rings. The van der Waals surface area contributed by atoms with E-state index in [1.165, 1.54) is 0 Å². The van der Waals surface area contributed by atoms with Crippen LogP contribution in [0.2, 0.25) is 0 Å². The Morgan fingerprint density at radius 3 is 2.64 bits per heavy atom. The van der Waals surface area contributed by atoms with E-state index in [4.69, 9.17) is 5.11 Å². The molecule has 7 nitrogen and oxygen atoms in total. The van der Waals surface area contributed by atoms with Gasteiger partial charge in [0.1, 0.15) is 6.54 Å². The predicted octanol–water partition coefficient (Wildman–Crippen LogP) is 2.93. The van der Waals surface area contributed by atoms with Crippen molar-refractivity contribution in [1.29, 1.82) is 0 Å². The highest BCUT2D eigenvalue weighted by Gasteiger charge is 2.17. The largest absolute Gasteiger partial charge is 0.480 e. The molecule has 130 valence electrons. The zero-order valence-electron chi connectivity index (χ0n) is 14.4. The van der Waals surface area contributed by atoms with Gasteiger partial charge in [-0.2, -0.15) is 5.10 Å². The van der Waals surface area contributed by atoms with Crippen LogP contribution in [-0.4, -0.2) is 31.3 Å². The first-order valence-corrected chi connectivity index (χ1v) is 7.91. The molecule has 2 aromatic heterocycles. The topological polar surface area (TPSA) is 89.2 Å². The normalized spacial score (nSPS) is 11.6. The molecule has 3 aromatic rings. The molecule has 3 rings (SSSR count). The van der Waals surface area contributed by atoms with Crippen molar-refractivity contribution in [1.82, 2.24) is 14.3 Å². The summed E-state index contributed by atoms with van der Waals surface area (Å²) in [6.45, 7) is 5.94. The molecule has 1 aromatic carbocycles. The summed E-state index contributed by atoms with van der Waals surface area (Å²) in [4.78, 5) is 23.3. The molecular formula is C18H20N4O3. The number of carboxylic acid groups (broad SMARTS) is 1. The van der Waals surface area contributed by atoms with Gasteiger partial charge < -0.3 is 15.0 Å². The first kappa shape index (κ1) is 16.8. The Balaban J connectivity index is 1.79. The summed E-state index contributed by atoms with van der Waals surface area (Å²) in [6.07, 6.45) is 4.98. The predicted molar refractivity (Wildman–Crippen MR) is 94.8 cm³/mol. The van der Waals surface area contributed by atoms with Crippen LogP contribution in [0.5, 0.6) is 0 Å². The van der Waals surface area contributed by atoms with Crippen molar-refractivity contribution in [3.63, 3.8) is 0 Å². The van der Waals surface area contributed by atoms with Gasteiger partial charge in [-0.1, -0.05) is 0 Å². The van der Waals surface area contributed by atoms with E-state index in [2.05, 4.69) is 10.4 Å². The van der Waals surface area contributed by atoms with Crippen LogP contribution in [0.1, 0.15) is 31.1 Å². The lowest BCUT2D eigenvalue weighted by atomic mass is 10.1. The molecule has 25 heavy (non-hydrogen) atoms. The third kappa shape index (κ3) is 3.55. The van der Waals surface area contributed by atoms with Crippen LogP contribution in [0.3, 0.4) is 0 Å². The van der Waals surface area contributed by atoms with Crippen LogP contribution >= 0.6 is 0 Å². The van der Waals surface area contributed by atoms with Crippen LogP contribution in [0.4, 0.5) is 5.69 Å². The second kappa shape index (κ2) is 6.08. The van der Waals surface area contributed by atoms with Gasteiger partial charge in [0.05, 0.1) is 17.3 Å². The zero-order chi connectivity index (χ0) is 18.2. The molecule has 0 radical (unpaired) electrons. The van der Waals surface area contributed by atoms with Gasteiger partial charge in [-0.3, -0.25) is 14.3 Å². The molecule has 2 heterocycles. The van der Waals surface area contributed by atoms with Crippen molar-refractivity contribution in [3.05, 3.63) is 48.4 Å². The molecule has 0 spiro atoms. The molecule has 0 bridgehead atoms. The third-order valence-corrected chi connectivity index (χ3v) is 3.87. The van der Waals surface area contributed by atoms with Crippen LogP contribution in [0.25, 0.3) is 10.9 Å². The SMILES string of the molecule is CC(C)(C)n1cc(C(=O)Nc2ccc3c(ccn3CC(=O)O)c2)cn1. The van der Waals surface area contributed by atoms with Crippen molar-refractivity contribution in [2.45, 2.75) is 32.9 Å². The van der Waals surface area contributed by atoms with Gasteiger partial charge in [-0.05, 0) is 45.0 Å². The number of carboxylic acids is 1. The standard InChI is InChI=1S/C18H20N4O3/c1-18(2,3)22-10-13(9-19-22)17(25)20-14-4-5-15-12(8-14)6-7-21(15)11-16(23)24/h4-10H,11H2,1-3H3,(H,20,25)(H,23,24). The molecule has 2 N–H and O–H groups in total. The van der Waals surface area contributed by atoms with E-state index < -0.39 is 5.97 Å². The van der Waals surface area contributed by atoms with Gasteiger partial charge in [-0.25, -0.2) is 0 Å². The van der Waals surface area contributed by atoms with Gasteiger partial charge in [0.15, 0.2) is 0 Å². The number of aromatic nitrogens is 3. The number of rotatable bonds is 4. The van der Waals surface area contributed by atoms with E-state index in [-0.39, 0.29) is 18.0 Å². The second-order valence-electron chi connectivity index (χ2n) is 6.91. The first-order valence-electron chi connectivity index (χ1n) is 7.91. The minimum Gasteiger partial charge on any atom is -0.480 e. The van der Waals surface area contributed by atoms with E-state index >= 15 is 0 Å². The van der Waals surface area contributed by atoms with Crippen molar-refractivity contribution >= 4 is 28.5 Å². The lowest BCUT2D eigenvalue weighted by molar-refractivity contribution is -0.137. The number of hydrogen-bond acceptors (Lipinski definition) is 3. The highest BCUT2D eigenvalue weighted by molar-refractivity contribution is 6.04. The number of nitrogens with one attached hydrogen (secondary N) is 1. The number of nitrogens with zero attached hydrogens (tertiary/aromatic N) is 3. The van der Waals surface area contributed by atoms with Gasteiger partial charge in [0.2, 0.25) is 0 Å². The number of hydrogen-bond donors (Lipinski definition) is 2. The molecule has 0 saturated carbocycles. The lowest BCUT2D eigenvalue weighted by Gasteiger charge is -2.18. The Bertz CT molecular complexity index is 947. The molecule has 7 heteroatoms. The Morgan fingerprint density at radius 1 is 1.24 bits per heavy atom. The number of amides is 1. The van der Waals surface area contributed by atoms with E-state index in [1.807, 2.05) is 32.9 Å². The maximum absolute atomic E-state index is 12.4. The summed E-state index contributed by atoms with van der Waals surface area (Å²) in [6, 6.07) is 7.20. The highest BCUT2D eigenvalue weighted by atomic mass is 16.4. The summed E-state index contributed by atoms with van der Waals surface area (Å²) in [5.74, 6) is -1.13. The Hall–Kier alpha value is -3.09. The van der Waals surface area contributed by atoms with Crippen LogP contribution in [0.15, 0.2) is 42.9 Å². The average Bonchev–Trinajstić information content (AvgIpc) is 3.14. The average molecular weight is 340 g/mol. The monoisotopic (exact) mass is 340 g/mol. The highest BCUT2D eigenvalue weighted by Crippen LogP contribution is 2.21. The summed E-state index contributed by atoms with van der Waals surface area (Å²) >= 11 is 0. The smallest absolute Gasteiger partial charge is 0.323 e. The van der Waals surface area contributed by atoms with E-state index in [9.17, 15) is 9.59 Å². The van der Waals surface area contributed by atoms with Crippen molar-refractivity contribution in [2.24, 2.45) is 0 Å². The minimum atomic E-state index is -0.897. The molecule has 0 atom stereocenters. The molecule has 0 aliphatic heterocycles. The summed E-state index contributed by atoms with van der Waals surface area (Å²) in [7, 11) is 0. The number of anilines is 1. The van der Waals surface area contributed by atoms with Gasteiger partial charge in [-0.15, -0.1) is 0 Å². The van der Waals surface area contributed by atoms with E-state index in [0.29, 0.717) is 11.3 Å². The summed E-state index contributed by atoms with van der Waals surface area (Å²) < 4.78 is 3.40. The molecule has 0 unspecified atom stereocenters. The molecule has 1 amide bonds. The molecule has 0 aliphatic carbocycles. The van der Waals surface area contributed by atoms with Gasteiger partial charge >= 0.3 is 5.97 Å². The second-order valence-corrected chi connectivity index (χ2v) is 6.91. The zero-order valence-corrected chi connectivity index (χ0v) is 14.4. The number of carbonyl (C=O) groups excluding carboxylic acids is 1. The maximum atomic E-state index is 12.4. The van der Waals surface area contributed by atoms with Crippen LogP contribution in [-0.2, 0) is 16.9 Å².